The van der Waals surface area contributed by atoms with Crippen molar-refractivity contribution >= 4 is 50.8 Å². The third-order valence-corrected chi connectivity index (χ3v) is 6.83. The summed E-state index contributed by atoms with van der Waals surface area (Å²) in [5.74, 6) is -1.39. The number of ether oxygens (including phenoxy) is 1. The number of piperidine rings is 1. The molecule has 7 nitrogen and oxygen atoms in total. The van der Waals surface area contributed by atoms with Crippen molar-refractivity contribution in [3.8, 4) is 0 Å². The van der Waals surface area contributed by atoms with Crippen molar-refractivity contribution in [2.24, 2.45) is 0 Å². The van der Waals surface area contributed by atoms with E-state index in [0.717, 1.165) is 19.3 Å². The van der Waals surface area contributed by atoms with Crippen LogP contribution in [0.25, 0.3) is 0 Å². The predicted octanol–water partition coefficient (Wildman–Crippen LogP) is 3.96. The lowest BCUT2D eigenvalue weighted by Gasteiger charge is -2.25. The lowest BCUT2D eigenvalue weighted by Crippen LogP contribution is -2.35. The molecule has 1 heterocycles. The summed E-state index contributed by atoms with van der Waals surface area (Å²) in [5.41, 5.74) is 0.412. The van der Waals surface area contributed by atoms with E-state index in [-0.39, 0.29) is 10.5 Å². The Balaban J connectivity index is 1.63. The van der Waals surface area contributed by atoms with E-state index in [1.54, 1.807) is 0 Å². The van der Waals surface area contributed by atoms with Gasteiger partial charge in [-0.05, 0) is 49.2 Å². The number of amides is 1. The second-order valence-electron chi connectivity index (χ2n) is 6.78. The van der Waals surface area contributed by atoms with Gasteiger partial charge in [-0.25, -0.2) is 13.2 Å². The topological polar surface area (TPSA) is 92.8 Å². The van der Waals surface area contributed by atoms with Gasteiger partial charge in [-0.15, -0.1) is 0 Å². The largest absolute Gasteiger partial charge is 0.452 e. The molecule has 1 aliphatic rings. The van der Waals surface area contributed by atoms with E-state index in [1.165, 1.54) is 46.8 Å². The summed E-state index contributed by atoms with van der Waals surface area (Å²) in [6.07, 6.45) is 2.63. The lowest BCUT2D eigenvalue weighted by molar-refractivity contribution is -0.119. The van der Waals surface area contributed by atoms with Crippen LogP contribution in [0.2, 0.25) is 10.0 Å². The minimum Gasteiger partial charge on any atom is -0.452 e. The number of nitrogens with zero attached hydrogens (tertiary/aromatic N) is 1. The quantitative estimate of drug-likeness (QED) is 0.644. The van der Waals surface area contributed by atoms with E-state index in [2.05, 4.69) is 5.32 Å². The maximum atomic E-state index is 12.8. The van der Waals surface area contributed by atoms with Gasteiger partial charge in [0.25, 0.3) is 5.91 Å². The normalized spacial score (nSPS) is 14.9. The summed E-state index contributed by atoms with van der Waals surface area (Å²) in [5, 5.41) is 3.22. The summed E-state index contributed by atoms with van der Waals surface area (Å²) in [4.78, 5) is 24.4. The molecule has 1 aliphatic heterocycles. The van der Waals surface area contributed by atoms with E-state index in [9.17, 15) is 18.0 Å². The molecule has 2 aromatic rings. The predicted molar refractivity (Wildman–Crippen MR) is 114 cm³/mol. The highest BCUT2D eigenvalue weighted by Crippen LogP contribution is 2.23. The first-order chi connectivity index (χ1) is 14.3. The lowest BCUT2D eigenvalue weighted by atomic mass is 10.2. The fourth-order valence-electron chi connectivity index (χ4n) is 3.08. The first kappa shape index (κ1) is 22.6. The monoisotopic (exact) mass is 470 g/mol. The molecular formula is C20H20Cl2N2O5S. The molecule has 1 fully saturated rings. The van der Waals surface area contributed by atoms with Crippen LogP contribution in [0.3, 0.4) is 0 Å². The molecule has 0 aromatic heterocycles. The standard InChI is InChI=1S/C20H20Cl2N2O5S/c21-15-10-16(22)12-17(11-15)23-19(25)13-29-20(26)14-5-4-6-18(9-14)30(27,28)24-7-2-1-3-8-24/h4-6,9-12H,1-3,7-8,13H2,(H,23,25). The first-order valence-corrected chi connectivity index (χ1v) is 11.5. The zero-order chi connectivity index (χ0) is 21.7. The number of sulfonamides is 1. The third-order valence-electron chi connectivity index (χ3n) is 4.50. The summed E-state index contributed by atoms with van der Waals surface area (Å²) in [7, 11) is -3.68. The van der Waals surface area contributed by atoms with E-state index in [1.807, 2.05) is 0 Å². The van der Waals surface area contributed by atoms with Crippen LogP contribution in [-0.4, -0.2) is 44.3 Å². The third kappa shape index (κ3) is 5.72. The number of esters is 1. The molecule has 160 valence electrons. The molecule has 0 aliphatic carbocycles. The van der Waals surface area contributed by atoms with E-state index in [0.29, 0.717) is 28.8 Å². The summed E-state index contributed by atoms with van der Waals surface area (Å²) in [6, 6.07) is 10.1. The highest BCUT2D eigenvalue weighted by atomic mass is 35.5. The summed E-state index contributed by atoms with van der Waals surface area (Å²) >= 11 is 11.8. The number of nitrogens with one attached hydrogen (secondary N) is 1. The molecule has 30 heavy (non-hydrogen) atoms. The number of benzene rings is 2. The minimum absolute atomic E-state index is 0.0249. The zero-order valence-corrected chi connectivity index (χ0v) is 18.3. The molecule has 0 spiro atoms. The van der Waals surface area contributed by atoms with Gasteiger partial charge in [-0.2, -0.15) is 4.31 Å². The van der Waals surface area contributed by atoms with E-state index >= 15 is 0 Å². The molecule has 3 rings (SSSR count). The molecule has 1 saturated heterocycles. The van der Waals surface area contributed by atoms with Gasteiger partial charge in [-0.3, -0.25) is 4.79 Å². The molecule has 0 atom stereocenters. The number of carbonyl (C=O) groups excluding carboxylic acids is 2. The fraction of sp³-hybridized carbons (Fsp3) is 0.300. The van der Waals surface area contributed by atoms with Gasteiger partial charge in [0.1, 0.15) is 0 Å². The van der Waals surface area contributed by atoms with Crippen LogP contribution in [0.15, 0.2) is 47.4 Å². The van der Waals surface area contributed by atoms with Crippen LogP contribution in [0, 0.1) is 0 Å². The molecule has 2 aromatic carbocycles. The van der Waals surface area contributed by atoms with E-state index in [4.69, 9.17) is 27.9 Å². The van der Waals surface area contributed by atoms with Crippen LogP contribution < -0.4 is 5.32 Å². The molecule has 10 heteroatoms. The zero-order valence-electron chi connectivity index (χ0n) is 15.9. The number of rotatable bonds is 6. The first-order valence-electron chi connectivity index (χ1n) is 9.29. The molecule has 0 unspecified atom stereocenters. The Hall–Kier alpha value is -2.13. The van der Waals surface area contributed by atoms with Gasteiger partial charge in [0.05, 0.1) is 10.5 Å². The van der Waals surface area contributed by atoms with Crippen LogP contribution in [0.4, 0.5) is 5.69 Å². The highest BCUT2D eigenvalue weighted by molar-refractivity contribution is 7.89. The molecule has 0 saturated carbocycles. The second-order valence-corrected chi connectivity index (χ2v) is 9.59. The van der Waals surface area contributed by atoms with Crippen molar-refractivity contribution in [1.82, 2.24) is 4.31 Å². The number of anilines is 1. The maximum absolute atomic E-state index is 12.8. The van der Waals surface area contributed by atoms with E-state index < -0.39 is 28.5 Å². The van der Waals surface area contributed by atoms with Gasteiger partial charge in [0, 0.05) is 28.8 Å². The average molecular weight is 471 g/mol. The fourth-order valence-corrected chi connectivity index (χ4v) is 5.16. The van der Waals surface area contributed by atoms with Crippen molar-refractivity contribution < 1.29 is 22.7 Å². The molecule has 0 bridgehead atoms. The van der Waals surface area contributed by atoms with Gasteiger partial charge in [-0.1, -0.05) is 35.7 Å². The molecule has 1 N–H and O–H groups in total. The summed E-state index contributed by atoms with van der Waals surface area (Å²) < 4.78 is 32.0. The number of hydrogen-bond donors (Lipinski definition) is 1. The second kappa shape index (κ2) is 9.78. The maximum Gasteiger partial charge on any atom is 0.338 e. The van der Waals surface area contributed by atoms with Crippen molar-refractivity contribution in [3.63, 3.8) is 0 Å². The van der Waals surface area contributed by atoms with Gasteiger partial charge in [0.15, 0.2) is 6.61 Å². The highest BCUT2D eigenvalue weighted by Gasteiger charge is 2.26. The van der Waals surface area contributed by atoms with Gasteiger partial charge in [0.2, 0.25) is 10.0 Å². The van der Waals surface area contributed by atoms with Crippen molar-refractivity contribution in [1.29, 1.82) is 0 Å². The minimum atomic E-state index is -3.68. The van der Waals surface area contributed by atoms with Crippen molar-refractivity contribution in [2.75, 3.05) is 25.0 Å². The SMILES string of the molecule is O=C(COC(=O)c1cccc(S(=O)(=O)N2CCCCC2)c1)Nc1cc(Cl)cc(Cl)c1. The number of halogens is 2. The smallest absolute Gasteiger partial charge is 0.338 e. The van der Waals surface area contributed by atoms with Crippen LogP contribution >= 0.6 is 23.2 Å². The van der Waals surface area contributed by atoms with Gasteiger partial charge < -0.3 is 10.1 Å². The Bertz CT molecular complexity index is 1030. The Morgan fingerprint density at radius 2 is 1.67 bits per heavy atom. The summed E-state index contributed by atoms with van der Waals surface area (Å²) in [6.45, 7) is 0.376. The Labute approximate surface area is 185 Å². The molecule has 1 amide bonds. The Morgan fingerprint density at radius 3 is 2.33 bits per heavy atom. The van der Waals surface area contributed by atoms with Crippen molar-refractivity contribution in [2.45, 2.75) is 24.2 Å². The van der Waals surface area contributed by atoms with Crippen LogP contribution in [0.1, 0.15) is 29.6 Å². The number of hydrogen-bond acceptors (Lipinski definition) is 5. The molecule has 0 radical (unpaired) electrons. The van der Waals surface area contributed by atoms with Gasteiger partial charge >= 0.3 is 5.97 Å². The van der Waals surface area contributed by atoms with Crippen LogP contribution in [0.5, 0.6) is 0 Å². The Morgan fingerprint density at radius 1 is 1.00 bits per heavy atom. The molecular weight excluding hydrogens is 451 g/mol. The average Bonchev–Trinajstić information content (AvgIpc) is 2.72. The van der Waals surface area contributed by atoms with Crippen molar-refractivity contribution in [3.05, 3.63) is 58.1 Å². The Kier molecular flexibility index (Phi) is 7.36. The van der Waals surface area contributed by atoms with Crippen LogP contribution in [-0.2, 0) is 19.6 Å². The number of carbonyl (C=O) groups is 2.